The van der Waals surface area contributed by atoms with Crippen molar-refractivity contribution < 1.29 is 4.74 Å². The summed E-state index contributed by atoms with van der Waals surface area (Å²) in [5, 5.41) is 0. The number of hydrogen-bond acceptors (Lipinski definition) is 4. The van der Waals surface area contributed by atoms with E-state index >= 15 is 0 Å². The van der Waals surface area contributed by atoms with Crippen LogP contribution in [0.1, 0.15) is 13.3 Å². The minimum atomic E-state index is 0.692. The average Bonchev–Trinajstić information content (AvgIpc) is 2.37. The second-order valence-corrected chi connectivity index (χ2v) is 4.24. The van der Waals surface area contributed by atoms with Gasteiger partial charge >= 0.3 is 0 Å². The van der Waals surface area contributed by atoms with Crippen molar-refractivity contribution in [2.75, 3.05) is 6.61 Å². The van der Waals surface area contributed by atoms with E-state index in [-0.39, 0.29) is 0 Å². The SMILES string of the molecule is CCCOc1cncc(-c2cncnc2Br)c1. The first-order valence-corrected chi connectivity index (χ1v) is 6.14. The lowest BCUT2D eigenvalue weighted by Gasteiger charge is -2.06. The van der Waals surface area contributed by atoms with Gasteiger partial charge in [0.15, 0.2) is 0 Å². The molecule has 2 aromatic heterocycles. The number of nitrogens with zero attached hydrogens (tertiary/aromatic N) is 3. The Balaban J connectivity index is 2.30. The predicted molar refractivity (Wildman–Crippen MR) is 68.7 cm³/mol. The predicted octanol–water partition coefficient (Wildman–Crippen LogP) is 3.09. The van der Waals surface area contributed by atoms with Gasteiger partial charge < -0.3 is 4.74 Å². The number of aromatic nitrogens is 3. The molecular weight excluding hydrogens is 282 g/mol. The highest BCUT2D eigenvalue weighted by atomic mass is 79.9. The molecule has 0 aliphatic carbocycles. The first-order valence-electron chi connectivity index (χ1n) is 5.35. The van der Waals surface area contributed by atoms with Gasteiger partial charge in [-0.05, 0) is 28.4 Å². The quantitative estimate of drug-likeness (QED) is 0.813. The van der Waals surface area contributed by atoms with Gasteiger partial charge in [0, 0.05) is 23.5 Å². The molecule has 0 aliphatic rings. The van der Waals surface area contributed by atoms with Gasteiger partial charge in [-0.1, -0.05) is 6.92 Å². The van der Waals surface area contributed by atoms with Gasteiger partial charge in [-0.3, -0.25) is 4.98 Å². The fourth-order valence-electron chi connectivity index (χ4n) is 1.37. The van der Waals surface area contributed by atoms with Crippen LogP contribution in [0.3, 0.4) is 0 Å². The lowest BCUT2D eigenvalue weighted by atomic mass is 10.1. The molecule has 0 aliphatic heterocycles. The molecule has 0 bridgehead atoms. The fraction of sp³-hybridized carbons (Fsp3) is 0.250. The van der Waals surface area contributed by atoms with E-state index in [1.165, 1.54) is 6.33 Å². The largest absolute Gasteiger partial charge is 0.492 e. The summed E-state index contributed by atoms with van der Waals surface area (Å²) in [7, 11) is 0. The van der Waals surface area contributed by atoms with E-state index in [0.29, 0.717) is 6.61 Å². The molecule has 0 radical (unpaired) electrons. The Morgan fingerprint density at radius 3 is 2.88 bits per heavy atom. The Bertz CT molecular complexity index is 505. The summed E-state index contributed by atoms with van der Waals surface area (Å²) >= 11 is 3.39. The normalized spacial score (nSPS) is 10.2. The van der Waals surface area contributed by atoms with E-state index in [0.717, 1.165) is 27.9 Å². The number of halogens is 1. The molecule has 0 unspecified atom stereocenters. The van der Waals surface area contributed by atoms with Crippen LogP contribution in [0.4, 0.5) is 0 Å². The second-order valence-electron chi connectivity index (χ2n) is 3.49. The van der Waals surface area contributed by atoms with Crippen molar-refractivity contribution in [3.8, 4) is 16.9 Å². The Labute approximate surface area is 108 Å². The topological polar surface area (TPSA) is 47.9 Å². The van der Waals surface area contributed by atoms with Crippen LogP contribution < -0.4 is 4.74 Å². The molecule has 4 nitrogen and oxygen atoms in total. The Kier molecular flexibility index (Phi) is 4.03. The maximum Gasteiger partial charge on any atom is 0.138 e. The zero-order valence-corrected chi connectivity index (χ0v) is 11.0. The molecule has 0 fully saturated rings. The molecule has 0 amide bonds. The smallest absolute Gasteiger partial charge is 0.138 e. The molecule has 88 valence electrons. The van der Waals surface area contributed by atoms with Crippen molar-refractivity contribution >= 4 is 15.9 Å². The number of pyridine rings is 1. The molecular formula is C12H12BrN3O. The molecule has 17 heavy (non-hydrogen) atoms. The molecule has 2 rings (SSSR count). The highest BCUT2D eigenvalue weighted by molar-refractivity contribution is 9.10. The summed E-state index contributed by atoms with van der Waals surface area (Å²) in [6, 6.07) is 1.94. The minimum absolute atomic E-state index is 0.692. The third-order valence-electron chi connectivity index (χ3n) is 2.16. The Hall–Kier alpha value is -1.49. The maximum absolute atomic E-state index is 5.54. The van der Waals surface area contributed by atoms with Gasteiger partial charge in [0.25, 0.3) is 0 Å². The Morgan fingerprint density at radius 2 is 2.12 bits per heavy atom. The van der Waals surface area contributed by atoms with Gasteiger partial charge in [0.1, 0.15) is 16.7 Å². The third-order valence-corrected chi connectivity index (χ3v) is 2.79. The molecule has 0 saturated heterocycles. The summed E-state index contributed by atoms with van der Waals surface area (Å²) in [6.45, 7) is 2.76. The van der Waals surface area contributed by atoms with Crippen molar-refractivity contribution in [2.24, 2.45) is 0 Å². The van der Waals surface area contributed by atoms with Crippen LogP contribution >= 0.6 is 15.9 Å². The average molecular weight is 294 g/mol. The van der Waals surface area contributed by atoms with Crippen LogP contribution in [0.25, 0.3) is 11.1 Å². The van der Waals surface area contributed by atoms with Crippen LogP contribution in [-0.4, -0.2) is 21.6 Å². The van der Waals surface area contributed by atoms with Crippen LogP contribution in [0.2, 0.25) is 0 Å². The molecule has 2 heterocycles. The van der Waals surface area contributed by atoms with E-state index in [2.05, 4.69) is 37.8 Å². The minimum Gasteiger partial charge on any atom is -0.492 e. The van der Waals surface area contributed by atoms with Crippen molar-refractivity contribution in [3.63, 3.8) is 0 Å². The van der Waals surface area contributed by atoms with E-state index in [9.17, 15) is 0 Å². The molecule has 0 atom stereocenters. The van der Waals surface area contributed by atoms with Gasteiger partial charge in [-0.15, -0.1) is 0 Å². The van der Waals surface area contributed by atoms with E-state index in [1.807, 2.05) is 6.07 Å². The Morgan fingerprint density at radius 1 is 1.24 bits per heavy atom. The van der Waals surface area contributed by atoms with Gasteiger partial charge in [-0.25, -0.2) is 9.97 Å². The van der Waals surface area contributed by atoms with Crippen molar-refractivity contribution in [1.29, 1.82) is 0 Å². The van der Waals surface area contributed by atoms with Gasteiger partial charge in [0.2, 0.25) is 0 Å². The molecule has 0 spiro atoms. The van der Waals surface area contributed by atoms with Crippen LogP contribution in [0.5, 0.6) is 5.75 Å². The number of rotatable bonds is 4. The molecule has 0 N–H and O–H groups in total. The molecule has 0 aromatic carbocycles. The monoisotopic (exact) mass is 293 g/mol. The summed E-state index contributed by atoms with van der Waals surface area (Å²) < 4.78 is 6.29. The summed E-state index contributed by atoms with van der Waals surface area (Å²) in [4.78, 5) is 12.2. The van der Waals surface area contributed by atoms with Crippen molar-refractivity contribution in [3.05, 3.63) is 35.6 Å². The van der Waals surface area contributed by atoms with E-state index in [4.69, 9.17) is 4.74 Å². The van der Waals surface area contributed by atoms with Crippen molar-refractivity contribution in [2.45, 2.75) is 13.3 Å². The maximum atomic E-state index is 5.54. The number of ether oxygens (including phenoxy) is 1. The van der Waals surface area contributed by atoms with E-state index < -0.39 is 0 Å². The van der Waals surface area contributed by atoms with Crippen LogP contribution in [0.15, 0.2) is 35.6 Å². The first kappa shape index (κ1) is 12.0. The number of hydrogen-bond donors (Lipinski definition) is 0. The summed E-state index contributed by atoms with van der Waals surface area (Å²) in [5.41, 5.74) is 1.84. The third kappa shape index (κ3) is 3.00. The summed E-state index contributed by atoms with van der Waals surface area (Å²) in [6.07, 6.45) is 7.69. The zero-order valence-electron chi connectivity index (χ0n) is 9.43. The van der Waals surface area contributed by atoms with Crippen molar-refractivity contribution in [1.82, 2.24) is 15.0 Å². The molecule has 2 aromatic rings. The summed E-state index contributed by atoms with van der Waals surface area (Å²) in [5.74, 6) is 0.764. The van der Waals surface area contributed by atoms with Crippen LogP contribution in [0, 0.1) is 0 Å². The fourth-order valence-corrected chi connectivity index (χ4v) is 1.80. The zero-order chi connectivity index (χ0) is 12.1. The van der Waals surface area contributed by atoms with Crippen LogP contribution in [-0.2, 0) is 0 Å². The highest BCUT2D eigenvalue weighted by Gasteiger charge is 2.05. The lowest BCUT2D eigenvalue weighted by Crippen LogP contribution is -1.96. The first-order chi connectivity index (χ1) is 8.31. The van der Waals surface area contributed by atoms with Gasteiger partial charge in [-0.2, -0.15) is 0 Å². The lowest BCUT2D eigenvalue weighted by molar-refractivity contribution is 0.316. The van der Waals surface area contributed by atoms with E-state index in [1.54, 1.807) is 18.6 Å². The molecule has 5 heteroatoms. The van der Waals surface area contributed by atoms with Gasteiger partial charge in [0.05, 0.1) is 12.8 Å². The highest BCUT2D eigenvalue weighted by Crippen LogP contribution is 2.27. The molecule has 0 saturated carbocycles. The standard InChI is InChI=1S/C12H12BrN3O/c1-2-3-17-10-4-9(5-14-6-10)11-7-15-8-16-12(11)13/h4-8H,2-3H2,1H3. The second kappa shape index (κ2) is 5.72.